The molecule has 16 heavy (non-hydrogen) atoms. The Morgan fingerprint density at radius 3 is 2.81 bits per heavy atom. The van der Waals surface area contributed by atoms with E-state index in [1.807, 2.05) is 0 Å². The van der Waals surface area contributed by atoms with Gasteiger partial charge < -0.3 is 16.6 Å². The van der Waals surface area contributed by atoms with Crippen LogP contribution >= 0.6 is 0 Å². The Labute approximate surface area is 92.3 Å². The lowest BCUT2D eigenvalue weighted by Crippen LogP contribution is -2.06. The first-order chi connectivity index (χ1) is 7.68. The summed E-state index contributed by atoms with van der Waals surface area (Å²) >= 11 is 0. The number of hydrogen-bond donors (Lipinski definition) is 4. The van der Waals surface area contributed by atoms with E-state index < -0.39 is 6.10 Å². The Kier molecular flexibility index (Phi) is 2.74. The number of anilines is 2. The summed E-state index contributed by atoms with van der Waals surface area (Å²) in [6.07, 6.45) is 4.38. The van der Waals surface area contributed by atoms with Gasteiger partial charge in [-0.05, 0) is 11.6 Å². The van der Waals surface area contributed by atoms with Crippen LogP contribution in [0.25, 0.3) is 0 Å². The van der Waals surface area contributed by atoms with Gasteiger partial charge in [0.1, 0.15) is 5.82 Å². The van der Waals surface area contributed by atoms with E-state index in [1.165, 1.54) is 6.20 Å². The van der Waals surface area contributed by atoms with Gasteiger partial charge in [0.15, 0.2) is 0 Å². The van der Waals surface area contributed by atoms with E-state index in [9.17, 15) is 5.11 Å². The summed E-state index contributed by atoms with van der Waals surface area (Å²) < 4.78 is 0. The van der Waals surface area contributed by atoms with Crippen molar-refractivity contribution in [3.05, 3.63) is 35.8 Å². The first-order valence-electron chi connectivity index (χ1n) is 4.83. The number of hydrogen-bond acceptors (Lipinski definition) is 5. The number of nitrogens with zero attached hydrogens (tertiary/aromatic N) is 2. The smallest absolute Gasteiger partial charge is 0.124 e. The first kappa shape index (κ1) is 10.4. The molecule has 2 aromatic rings. The Morgan fingerprint density at radius 2 is 2.19 bits per heavy atom. The molecule has 0 saturated carbocycles. The van der Waals surface area contributed by atoms with Gasteiger partial charge in [0.05, 0.1) is 12.3 Å². The zero-order chi connectivity index (χ0) is 11.5. The Morgan fingerprint density at radius 1 is 1.38 bits per heavy atom. The van der Waals surface area contributed by atoms with E-state index in [1.54, 1.807) is 18.5 Å². The minimum atomic E-state index is -0.731. The van der Waals surface area contributed by atoms with E-state index in [2.05, 4.69) is 15.2 Å². The van der Waals surface area contributed by atoms with Crippen LogP contribution in [0.4, 0.5) is 11.5 Å². The van der Waals surface area contributed by atoms with Crippen molar-refractivity contribution in [2.75, 3.05) is 11.5 Å². The molecule has 0 fully saturated rings. The number of rotatable bonds is 3. The van der Waals surface area contributed by atoms with E-state index in [-0.39, 0.29) is 0 Å². The number of aromatic amines is 1. The van der Waals surface area contributed by atoms with Crippen molar-refractivity contribution < 1.29 is 5.11 Å². The van der Waals surface area contributed by atoms with Crippen molar-refractivity contribution in [2.45, 2.75) is 12.5 Å². The van der Waals surface area contributed by atoms with Gasteiger partial charge >= 0.3 is 0 Å². The van der Waals surface area contributed by atoms with Crippen molar-refractivity contribution in [3.8, 4) is 0 Å². The van der Waals surface area contributed by atoms with E-state index >= 15 is 0 Å². The number of aliphatic hydroxyl groups excluding tert-OH is 1. The third-order valence-electron chi connectivity index (χ3n) is 2.41. The zero-order valence-electron chi connectivity index (χ0n) is 8.59. The maximum Gasteiger partial charge on any atom is 0.124 e. The largest absolute Gasteiger partial charge is 0.398 e. The maximum absolute atomic E-state index is 9.94. The molecular weight excluding hydrogens is 206 g/mol. The fraction of sp³-hybridized carbons (Fsp3) is 0.200. The fourth-order valence-corrected chi connectivity index (χ4v) is 1.50. The molecule has 84 valence electrons. The predicted molar refractivity (Wildman–Crippen MR) is 60.3 cm³/mol. The molecule has 6 nitrogen and oxygen atoms in total. The Bertz CT molecular complexity index is 482. The van der Waals surface area contributed by atoms with Gasteiger partial charge in [-0.25, -0.2) is 0 Å². The van der Waals surface area contributed by atoms with E-state index in [4.69, 9.17) is 11.5 Å². The van der Waals surface area contributed by atoms with Crippen LogP contribution in [-0.2, 0) is 6.42 Å². The van der Waals surface area contributed by atoms with Crippen LogP contribution in [0.1, 0.15) is 17.2 Å². The third kappa shape index (κ3) is 1.96. The average molecular weight is 219 g/mol. The zero-order valence-corrected chi connectivity index (χ0v) is 8.59. The number of aromatic nitrogens is 3. The molecule has 2 heterocycles. The summed E-state index contributed by atoms with van der Waals surface area (Å²) in [5.41, 5.74) is 13.3. The molecule has 0 aromatic carbocycles. The molecule has 0 radical (unpaired) electrons. The standard InChI is InChI=1S/C10H13N5O/c11-8-1-2-13-4-6(8)3-9(16)7-5-14-15-10(7)12/h1-2,4-5,9,16H,3H2,(H2,11,13)(H3,12,14,15). The lowest BCUT2D eigenvalue weighted by Gasteiger charge is -2.10. The van der Waals surface area contributed by atoms with Crippen LogP contribution in [0, 0.1) is 0 Å². The molecular formula is C10H13N5O. The Hall–Kier alpha value is -2.08. The van der Waals surface area contributed by atoms with E-state index in [0.29, 0.717) is 23.5 Å². The third-order valence-corrected chi connectivity index (χ3v) is 2.41. The molecule has 1 unspecified atom stereocenters. The minimum absolute atomic E-state index is 0.364. The first-order valence-corrected chi connectivity index (χ1v) is 4.83. The summed E-state index contributed by atoms with van der Waals surface area (Å²) in [6.45, 7) is 0. The van der Waals surface area contributed by atoms with Gasteiger partial charge in [0, 0.05) is 30.1 Å². The van der Waals surface area contributed by atoms with Crippen molar-refractivity contribution in [2.24, 2.45) is 0 Å². The second-order valence-electron chi connectivity index (χ2n) is 3.53. The molecule has 0 bridgehead atoms. The summed E-state index contributed by atoms with van der Waals surface area (Å²) in [7, 11) is 0. The molecule has 0 aliphatic carbocycles. The molecule has 0 aliphatic heterocycles. The molecule has 0 aliphatic rings. The second kappa shape index (κ2) is 4.19. The number of nitrogen functional groups attached to an aromatic ring is 2. The van der Waals surface area contributed by atoms with E-state index in [0.717, 1.165) is 5.56 Å². The predicted octanol–water partition coefficient (Wildman–Crippen LogP) is 0.245. The molecule has 6 heteroatoms. The minimum Gasteiger partial charge on any atom is -0.398 e. The quantitative estimate of drug-likeness (QED) is 0.590. The second-order valence-corrected chi connectivity index (χ2v) is 3.53. The summed E-state index contributed by atoms with van der Waals surface area (Å²) in [6, 6.07) is 1.70. The van der Waals surface area contributed by atoms with Crippen molar-refractivity contribution in [1.82, 2.24) is 15.2 Å². The van der Waals surface area contributed by atoms with Crippen molar-refractivity contribution >= 4 is 11.5 Å². The molecule has 6 N–H and O–H groups in total. The highest BCUT2D eigenvalue weighted by atomic mass is 16.3. The molecule has 0 saturated heterocycles. The monoisotopic (exact) mass is 219 g/mol. The normalized spacial score (nSPS) is 12.6. The lowest BCUT2D eigenvalue weighted by atomic mass is 10.0. The van der Waals surface area contributed by atoms with Gasteiger partial charge in [-0.1, -0.05) is 0 Å². The SMILES string of the molecule is Nc1ccncc1CC(O)c1cn[nH]c1N. The number of nitrogens with one attached hydrogen (secondary N) is 1. The molecule has 0 amide bonds. The van der Waals surface area contributed by atoms with Crippen molar-refractivity contribution in [1.29, 1.82) is 0 Å². The lowest BCUT2D eigenvalue weighted by molar-refractivity contribution is 0.179. The summed E-state index contributed by atoms with van der Waals surface area (Å²) in [5, 5.41) is 16.3. The topological polar surface area (TPSA) is 114 Å². The van der Waals surface area contributed by atoms with Crippen LogP contribution in [-0.4, -0.2) is 20.3 Å². The van der Waals surface area contributed by atoms with Crippen LogP contribution in [0.3, 0.4) is 0 Å². The number of nitrogens with two attached hydrogens (primary N) is 2. The average Bonchev–Trinajstić information content (AvgIpc) is 2.68. The number of pyridine rings is 1. The fourth-order valence-electron chi connectivity index (χ4n) is 1.50. The summed E-state index contributed by atoms with van der Waals surface area (Å²) in [4.78, 5) is 3.96. The molecule has 1 atom stereocenters. The van der Waals surface area contributed by atoms with Gasteiger partial charge in [-0.3, -0.25) is 10.1 Å². The highest BCUT2D eigenvalue weighted by Gasteiger charge is 2.14. The molecule has 2 rings (SSSR count). The highest BCUT2D eigenvalue weighted by molar-refractivity contribution is 5.46. The van der Waals surface area contributed by atoms with Gasteiger partial charge in [0.2, 0.25) is 0 Å². The van der Waals surface area contributed by atoms with Crippen molar-refractivity contribution in [3.63, 3.8) is 0 Å². The van der Waals surface area contributed by atoms with Crippen LogP contribution in [0.5, 0.6) is 0 Å². The summed E-state index contributed by atoms with van der Waals surface area (Å²) in [5.74, 6) is 0.370. The van der Waals surface area contributed by atoms with Gasteiger partial charge in [-0.15, -0.1) is 0 Å². The molecule has 0 spiro atoms. The van der Waals surface area contributed by atoms with Gasteiger partial charge in [-0.2, -0.15) is 5.10 Å². The van der Waals surface area contributed by atoms with Crippen LogP contribution in [0.2, 0.25) is 0 Å². The Balaban J connectivity index is 2.17. The maximum atomic E-state index is 9.94. The van der Waals surface area contributed by atoms with Crippen LogP contribution in [0.15, 0.2) is 24.7 Å². The van der Waals surface area contributed by atoms with Crippen LogP contribution < -0.4 is 11.5 Å². The highest BCUT2D eigenvalue weighted by Crippen LogP contribution is 2.23. The van der Waals surface area contributed by atoms with Gasteiger partial charge in [0.25, 0.3) is 0 Å². The number of aliphatic hydroxyl groups is 1. The molecule has 2 aromatic heterocycles. The number of H-pyrrole nitrogens is 1.